The Kier molecular flexibility index (Phi) is 2.29. The van der Waals surface area contributed by atoms with E-state index in [9.17, 15) is 3.89 Å². The van der Waals surface area contributed by atoms with Gasteiger partial charge in [0.25, 0.3) is 0 Å². The van der Waals surface area contributed by atoms with Crippen LogP contribution in [0.2, 0.25) is 5.28 Å². The molecule has 0 saturated carbocycles. The van der Waals surface area contributed by atoms with E-state index in [0.29, 0.717) is 0 Å². The smallest absolute Gasteiger partial charge is 0.224 e. The van der Waals surface area contributed by atoms with E-state index in [1.54, 1.807) is 0 Å². The van der Waals surface area contributed by atoms with Crippen LogP contribution >= 0.6 is 23.7 Å². The Balaban J connectivity index is 3.07. The molecular weight excluding hydrogens is 177 g/mol. The zero-order chi connectivity index (χ0) is 7.56. The van der Waals surface area contributed by atoms with E-state index in [2.05, 4.69) is 9.97 Å². The summed E-state index contributed by atoms with van der Waals surface area (Å²) in [6, 6.07) is 0. The van der Waals surface area contributed by atoms with Crippen molar-refractivity contribution in [2.45, 2.75) is 4.90 Å². The van der Waals surface area contributed by atoms with Gasteiger partial charge in [0.05, 0.1) is 18.3 Å². The van der Waals surface area contributed by atoms with Gasteiger partial charge in [-0.1, -0.05) is 0 Å². The fourth-order valence-electron chi connectivity index (χ4n) is 0.421. The lowest BCUT2D eigenvalue weighted by Gasteiger charge is -1.95. The number of hydrogen-bond acceptors (Lipinski definition) is 4. The number of nitrogens with two attached hydrogens (primary N) is 1. The molecule has 0 aliphatic rings. The van der Waals surface area contributed by atoms with Gasteiger partial charge in [-0.05, 0) is 11.6 Å². The van der Waals surface area contributed by atoms with E-state index in [-0.39, 0.29) is 28.1 Å². The molecule has 0 unspecified atom stereocenters. The first-order valence-electron chi connectivity index (χ1n) is 2.30. The molecule has 0 aromatic carbocycles. The lowest BCUT2D eigenvalue weighted by atomic mass is 10.6. The van der Waals surface area contributed by atoms with Crippen molar-refractivity contribution in [1.29, 1.82) is 0 Å². The highest BCUT2D eigenvalue weighted by molar-refractivity contribution is 7.94. The molecule has 0 atom stereocenters. The van der Waals surface area contributed by atoms with Crippen molar-refractivity contribution < 1.29 is 3.89 Å². The number of hydrogen-bond donors (Lipinski definition) is 1. The van der Waals surface area contributed by atoms with Gasteiger partial charge in [-0.15, -0.1) is 0 Å². The fraction of sp³-hybridized carbons (Fsp3) is 0. The Hall–Kier alpha value is -0.550. The van der Waals surface area contributed by atoms with Crippen molar-refractivity contribution in [2.75, 3.05) is 5.73 Å². The lowest BCUT2D eigenvalue weighted by Crippen LogP contribution is -1.93. The van der Waals surface area contributed by atoms with Crippen LogP contribution in [0.1, 0.15) is 0 Å². The molecular formula is C4H3ClFN3S. The summed E-state index contributed by atoms with van der Waals surface area (Å²) in [5.41, 5.74) is 5.24. The van der Waals surface area contributed by atoms with Crippen molar-refractivity contribution in [2.24, 2.45) is 0 Å². The highest BCUT2D eigenvalue weighted by Crippen LogP contribution is 2.23. The van der Waals surface area contributed by atoms with Gasteiger partial charge in [0.1, 0.15) is 10.7 Å². The summed E-state index contributed by atoms with van der Waals surface area (Å²) in [6.45, 7) is 0. The normalized spacial score (nSPS) is 9.80. The van der Waals surface area contributed by atoms with Crippen LogP contribution in [0.4, 0.5) is 9.70 Å². The zero-order valence-electron chi connectivity index (χ0n) is 4.71. The van der Waals surface area contributed by atoms with Crippen molar-refractivity contribution >= 4 is 29.6 Å². The lowest BCUT2D eigenvalue weighted by molar-refractivity contribution is 0.929. The Bertz CT molecular complexity index is 244. The third-order valence-electron chi connectivity index (χ3n) is 0.837. The van der Waals surface area contributed by atoms with Gasteiger partial charge in [0, 0.05) is 0 Å². The Labute approximate surface area is 66.1 Å². The second-order valence-corrected chi connectivity index (χ2v) is 2.40. The SMILES string of the molecule is Nc1nc(Cl)ncc1SF. The summed E-state index contributed by atoms with van der Waals surface area (Å²) >= 11 is 5.34. The topological polar surface area (TPSA) is 51.8 Å². The van der Waals surface area contributed by atoms with Gasteiger partial charge in [-0.2, -0.15) is 8.87 Å². The predicted molar refractivity (Wildman–Crippen MR) is 38.4 cm³/mol. The maximum atomic E-state index is 11.8. The number of nitrogen functional groups attached to an aromatic ring is 1. The number of nitrogens with zero attached hydrogens (tertiary/aromatic N) is 2. The van der Waals surface area contributed by atoms with Crippen LogP contribution in [0.25, 0.3) is 0 Å². The van der Waals surface area contributed by atoms with E-state index in [1.807, 2.05) is 0 Å². The van der Waals surface area contributed by atoms with Crippen molar-refractivity contribution in [3.05, 3.63) is 11.5 Å². The number of rotatable bonds is 1. The standard InChI is InChI=1S/C4H3ClFN3S/c5-4-8-1-2(10-6)3(7)9-4/h1H,(H2,7,8,9). The number of halogens is 2. The molecule has 54 valence electrons. The molecule has 0 bridgehead atoms. The quantitative estimate of drug-likeness (QED) is 0.667. The number of aromatic nitrogens is 2. The molecule has 1 rings (SSSR count). The van der Waals surface area contributed by atoms with Gasteiger partial charge in [0.2, 0.25) is 5.28 Å². The Morgan fingerprint density at radius 2 is 2.40 bits per heavy atom. The van der Waals surface area contributed by atoms with Crippen LogP contribution < -0.4 is 5.73 Å². The molecule has 2 N–H and O–H groups in total. The summed E-state index contributed by atoms with van der Waals surface area (Å²) in [6.07, 6.45) is 1.23. The molecule has 0 fully saturated rings. The minimum atomic E-state index is -0.00452. The van der Waals surface area contributed by atoms with Crippen molar-refractivity contribution in [3.63, 3.8) is 0 Å². The van der Waals surface area contributed by atoms with E-state index in [4.69, 9.17) is 17.3 Å². The first-order valence-corrected chi connectivity index (χ1v) is 3.40. The van der Waals surface area contributed by atoms with Gasteiger partial charge in [0.15, 0.2) is 0 Å². The van der Waals surface area contributed by atoms with Crippen LogP contribution in [-0.2, 0) is 0 Å². The van der Waals surface area contributed by atoms with Gasteiger partial charge in [-0.3, -0.25) is 0 Å². The van der Waals surface area contributed by atoms with Gasteiger partial charge in [-0.25, -0.2) is 4.98 Å². The van der Waals surface area contributed by atoms with Gasteiger partial charge < -0.3 is 5.73 Å². The second-order valence-electron chi connectivity index (χ2n) is 1.47. The van der Waals surface area contributed by atoms with E-state index < -0.39 is 0 Å². The second kappa shape index (κ2) is 3.03. The summed E-state index contributed by atoms with van der Waals surface area (Å²) in [5, 5.41) is 0.0234. The molecule has 0 amide bonds. The van der Waals surface area contributed by atoms with Crippen LogP contribution in [0, 0.1) is 0 Å². The third-order valence-corrected chi connectivity index (χ3v) is 1.50. The monoisotopic (exact) mass is 179 g/mol. The average Bonchev–Trinajstić information content (AvgIpc) is 1.88. The maximum Gasteiger partial charge on any atom is 0.224 e. The molecule has 10 heavy (non-hydrogen) atoms. The van der Waals surface area contributed by atoms with E-state index in [1.165, 1.54) is 6.20 Å². The summed E-state index contributed by atoms with van der Waals surface area (Å²) < 4.78 is 11.8. The molecule has 3 nitrogen and oxygen atoms in total. The van der Waals surface area contributed by atoms with Crippen LogP contribution in [-0.4, -0.2) is 9.97 Å². The molecule has 1 aromatic heterocycles. The first-order chi connectivity index (χ1) is 4.74. The summed E-state index contributed by atoms with van der Waals surface area (Å²) in [5.74, 6) is 0.0625. The molecule has 1 aromatic rings. The highest BCUT2D eigenvalue weighted by Gasteiger charge is 2.01. The van der Waals surface area contributed by atoms with Gasteiger partial charge >= 0.3 is 0 Å². The largest absolute Gasteiger partial charge is 0.383 e. The minimum Gasteiger partial charge on any atom is -0.383 e. The molecule has 1 heterocycles. The van der Waals surface area contributed by atoms with Crippen LogP contribution in [0.5, 0.6) is 0 Å². The highest BCUT2D eigenvalue weighted by atomic mass is 35.5. The fourth-order valence-corrected chi connectivity index (χ4v) is 0.778. The minimum absolute atomic E-state index is 0.00452. The molecule has 6 heteroatoms. The number of anilines is 1. The maximum absolute atomic E-state index is 11.8. The van der Waals surface area contributed by atoms with Crippen LogP contribution in [0.3, 0.4) is 0 Å². The van der Waals surface area contributed by atoms with Crippen LogP contribution in [0.15, 0.2) is 11.1 Å². The Morgan fingerprint density at radius 3 is 2.90 bits per heavy atom. The third kappa shape index (κ3) is 1.48. The molecule has 0 spiro atoms. The predicted octanol–water partition coefficient (Wildman–Crippen LogP) is 1.69. The van der Waals surface area contributed by atoms with E-state index >= 15 is 0 Å². The van der Waals surface area contributed by atoms with E-state index in [0.717, 1.165) is 0 Å². The summed E-state index contributed by atoms with van der Waals surface area (Å²) in [4.78, 5) is 7.22. The van der Waals surface area contributed by atoms with Crippen molar-refractivity contribution in [1.82, 2.24) is 9.97 Å². The average molecular weight is 180 g/mol. The Morgan fingerprint density at radius 1 is 1.70 bits per heavy atom. The molecule has 0 saturated heterocycles. The molecule has 0 aliphatic carbocycles. The summed E-state index contributed by atoms with van der Waals surface area (Å²) in [7, 11) is 0. The molecule has 0 radical (unpaired) electrons. The molecule has 0 aliphatic heterocycles. The zero-order valence-corrected chi connectivity index (χ0v) is 6.29. The van der Waals surface area contributed by atoms with Crippen molar-refractivity contribution in [3.8, 4) is 0 Å². The first kappa shape index (κ1) is 7.56.